The van der Waals surface area contributed by atoms with Gasteiger partial charge in [0.2, 0.25) is 11.8 Å². The van der Waals surface area contributed by atoms with E-state index in [1.807, 2.05) is 4.90 Å². The Hall–Kier alpha value is -1.47. The normalized spacial score (nSPS) is 22.2. The van der Waals surface area contributed by atoms with Crippen molar-refractivity contribution in [3.8, 4) is 0 Å². The maximum atomic E-state index is 11.2. The number of carbonyl (C=O) groups is 1. The topological polar surface area (TPSA) is 97.3 Å². The van der Waals surface area contributed by atoms with Crippen LogP contribution in [0.4, 0.5) is 0 Å². The van der Waals surface area contributed by atoms with E-state index in [1.54, 1.807) is 6.92 Å². The average Bonchev–Trinajstić information content (AvgIpc) is 2.64. The van der Waals surface area contributed by atoms with Crippen LogP contribution in [0.2, 0.25) is 0 Å². The number of nitrogens with one attached hydrogen (secondary N) is 1. The summed E-state index contributed by atoms with van der Waals surface area (Å²) in [6.45, 7) is 4.38. The van der Waals surface area contributed by atoms with Crippen LogP contribution in [0.5, 0.6) is 0 Å². The molecule has 1 aliphatic heterocycles. The van der Waals surface area contributed by atoms with Gasteiger partial charge in [0.05, 0.1) is 6.54 Å². The number of aryl methyl sites for hydroxylation is 1. The lowest BCUT2D eigenvalue weighted by Crippen LogP contribution is -2.56. The Bertz CT molecular complexity index is 378. The van der Waals surface area contributed by atoms with Crippen LogP contribution in [0.3, 0.4) is 0 Å². The summed E-state index contributed by atoms with van der Waals surface area (Å²) < 4.78 is 5.02. The summed E-state index contributed by atoms with van der Waals surface area (Å²) >= 11 is 0. The zero-order chi connectivity index (χ0) is 11.5. The number of primary amides is 1. The van der Waals surface area contributed by atoms with Crippen molar-refractivity contribution >= 4 is 5.91 Å². The predicted octanol–water partition coefficient (Wildman–Crippen LogP) is -1.36. The molecule has 7 nitrogen and oxygen atoms in total. The van der Waals surface area contributed by atoms with Gasteiger partial charge in [-0.1, -0.05) is 5.16 Å². The number of carbonyl (C=O) groups excluding carboxylic acids is 1. The number of piperazine rings is 1. The van der Waals surface area contributed by atoms with Crippen molar-refractivity contribution in [2.24, 2.45) is 5.73 Å². The van der Waals surface area contributed by atoms with Gasteiger partial charge in [-0.2, -0.15) is 4.98 Å². The van der Waals surface area contributed by atoms with E-state index in [0.29, 0.717) is 24.8 Å². The molecule has 0 radical (unpaired) electrons. The molecule has 7 heteroatoms. The van der Waals surface area contributed by atoms with E-state index in [2.05, 4.69) is 15.5 Å². The Labute approximate surface area is 93.0 Å². The van der Waals surface area contributed by atoms with Crippen molar-refractivity contribution in [2.45, 2.75) is 19.5 Å². The van der Waals surface area contributed by atoms with Gasteiger partial charge in [-0.25, -0.2) is 0 Å². The lowest BCUT2D eigenvalue weighted by Gasteiger charge is -2.32. The number of hydrogen-bond donors (Lipinski definition) is 2. The first-order valence-corrected chi connectivity index (χ1v) is 5.20. The van der Waals surface area contributed by atoms with Crippen LogP contribution in [0.1, 0.15) is 11.7 Å². The van der Waals surface area contributed by atoms with E-state index >= 15 is 0 Å². The molecule has 2 heterocycles. The van der Waals surface area contributed by atoms with Gasteiger partial charge >= 0.3 is 0 Å². The number of nitrogens with zero attached hydrogens (tertiary/aromatic N) is 3. The van der Waals surface area contributed by atoms with Crippen molar-refractivity contribution in [3.63, 3.8) is 0 Å². The maximum Gasteiger partial charge on any atom is 0.240 e. The fourth-order valence-electron chi connectivity index (χ4n) is 1.79. The number of amides is 1. The van der Waals surface area contributed by atoms with Crippen LogP contribution in [0.25, 0.3) is 0 Å². The summed E-state index contributed by atoms with van der Waals surface area (Å²) in [5, 5.41) is 6.84. The summed E-state index contributed by atoms with van der Waals surface area (Å²) in [5.41, 5.74) is 5.33. The highest BCUT2D eigenvalue weighted by atomic mass is 16.5. The van der Waals surface area contributed by atoms with Gasteiger partial charge in [-0.15, -0.1) is 0 Å². The van der Waals surface area contributed by atoms with Gasteiger partial charge in [0.1, 0.15) is 6.04 Å². The van der Waals surface area contributed by atoms with Gasteiger partial charge in [0, 0.05) is 19.6 Å². The Kier molecular flexibility index (Phi) is 3.16. The van der Waals surface area contributed by atoms with Crippen LogP contribution in [0.15, 0.2) is 4.52 Å². The van der Waals surface area contributed by atoms with Crippen molar-refractivity contribution < 1.29 is 9.32 Å². The SMILES string of the molecule is Cc1noc(CN2CCNCC2C(N)=O)n1. The predicted molar refractivity (Wildman–Crippen MR) is 55.3 cm³/mol. The number of rotatable bonds is 3. The molecule has 0 aliphatic carbocycles. The number of nitrogens with two attached hydrogens (primary N) is 1. The van der Waals surface area contributed by atoms with E-state index < -0.39 is 0 Å². The van der Waals surface area contributed by atoms with Crippen molar-refractivity contribution in [2.75, 3.05) is 19.6 Å². The van der Waals surface area contributed by atoms with E-state index in [9.17, 15) is 4.79 Å². The van der Waals surface area contributed by atoms with Gasteiger partial charge in [-0.3, -0.25) is 9.69 Å². The minimum Gasteiger partial charge on any atom is -0.368 e. The molecule has 0 bridgehead atoms. The first-order chi connectivity index (χ1) is 7.66. The van der Waals surface area contributed by atoms with Gasteiger partial charge < -0.3 is 15.6 Å². The molecule has 0 spiro atoms. The lowest BCUT2D eigenvalue weighted by atomic mass is 10.2. The fourth-order valence-corrected chi connectivity index (χ4v) is 1.79. The highest BCUT2D eigenvalue weighted by Gasteiger charge is 2.27. The second-order valence-electron chi connectivity index (χ2n) is 3.83. The van der Waals surface area contributed by atoms with E-state index in [4.69, 9.17) is 10.3 Å². The second kappa shape index (κ2) is 4.58. The van der Waals surface area contributed by atoms with Crippen LogP contribution < -0.4 is 11.1 Å². The molecule has 88 valence electrons. The summed E-state index contributed by atoms with van der Waals surface area (Å²) in [4.78, 5) is 17.3. The van der Waals surface area contributed by atoms with Crippen molar-refractivity contribution in [1.29, 1.82) is 0 Å². The Morgan fingerprint density at radius 2 is 2.56 bits per heavy atom. The molecule has 1 fully saturated rings. The molecular formula is C9H15N5O2. The first kappa shape index (κ1) is 11.0. The van der Waals surface area contributed by atoms with Gasteiger partial charge in [0.25, 0.3) is 0 Å². The zero-order valence-corrected chi connectivity index (χ0v) is 9.14. The molecule has 1 aromatic rings. The molecule has 2 rings (SSSR count). The summed E-state index contributed by atoms with van der Waals surface area (Å²) in [7, 11) is 0. The number of hydrogen-bond acceptors (Lipinski definition) is 6. The average molecular weight is 225 g/mol. The fraction of sp³-hybridized carbons (Fsp3) is 0.667. The minimum atomic E-state index is -0.330. The van der Waals surface area contributed by atoms with Crippen molar-refractivity contribution in [3.05, 3.63) is 11.7 Å². The molecule has 1 amide bonds. The molecule has 1 aromatic heterocycles. The van der Waals surface area contributed by atoms with E-state index in [1.165, 1.54) is 0 Å². The van der Waals surface area contributed by atoms with E-state index in [-0.39, 0.29) is 11.9 Å². The summed E-state index contributed by atoms with van der Waals surface area (Å²) in [5.74, 6) is 0.787. The zero-order valence-electron chi connectivity index (χ0n) is 9.14. The minimum absolute atomic E-state index is 0.305. The van der Waals surface area contributed by atoms with Crippen LogP contribution >= 0.6 is 0 Å². The molecule has 16 heavy (non-hydrogen) atoms. The third kappa shape index (κ3) is 2.37. The highest BCUT2D eigenvalue weighted by Crippen LogP contribution is 2.08. The van der Waals surface area contributed by atoms with Gasteiger partial charge in [-0.05, 0) is 6.92 Å². The molecule has 1 atom stereocenters. The molecular weight excluding hydrogens is 210 g/mol. The Morgan fingerprint density at radius 3 is 3.19 bits per heavy atom. The van der Waals surface area contributed by atoms with Crippen molar-refractivity contribution in [1.82, 2.24) is 20.4 Å². The largest absolute Gasteiger partial charge is 0.368 e. The van der Waals surface area contributed by atoms with Crippen LogP contribution in [-0.2, 0) is 11.3 Å². The quantitative estimate of drug-likeness (QED) is 0.659. The summed E-state index contributed by atoms with van der Waals surface area (Å²) in [6.07, 6.45) is 0. The van der Waals surface area contributed by atoms with E-state index in [0.717, 1.165) is 13.1 Å². The monoisotopic (exact) mass is 225 g/mol. The summed E-state index contributed by atoms with van der Waals surface area (Å²) in [6, 6.07) is -0.305. The third-order valence-corrected chi connectivity index (χ3v) is 2.59. The lowest BCUT2D eigenvalue weighted by molar-refractivity contribution is -0.124. The second-order valence-corrected chi connectivity index (χ2v) is 3.83. The van der Waals surface area contributed by atoms with Crippen LogP contribution in [0, 0.1) is 6.92 Å². The molecule has 0 saturated carbocycles. The van der Waals surface area contributed by atoms with Crippen LogP contribution in [-0.4, -0.2) is 46.6 Å². The molecule has 0 aromatic carbocycles. The molecule has 1 saturated heterocycles. The molecule has 1 unspecified atom stereocenters. The molecule has 3 N–H and O–H groups in total. The van der Waals surface area contributed by atoms with Gasteiger partial charge in [0.15, 0.2) is 5.82 Å². The first-order valence-electron chi connectivity index (χ1n) is 5.20. The standard InChI is InChI=1S/C9H15N5O2/c1-6-12-8(16-13-6)5-14-3-2-11-4-7(14)9(10)15/h7,11H,2-5H2,1H3,(H2,10,15). The Morgan fingerprint density at radius 1 is 1.75 bits per heavy atom. The number of aromatic nitrogens is 2. The Balaban J connectivity index is 2.03. The molecule has 1 aliphatic rings. The highest BCUT2D eigenvalue weighted by molar-refractivity contribution is 5.80. The smallest absolute Gasteiger partial charge is 0.240 e. The third-order valence-electron chi connectivity index (χ3n) is 2.59. The maximum absolute atomic E-state index is 11.2.